The lowest BCUT2D eigenvalue weighted by atomic mass is 9.89. The third kappa shape index (κ3) is 4.63. The number of nitrogens with zero attached hydrogens (tertiary/aromatic N) is 1. The molecule has 0 aromatic carbocycles. The lowest BCUT2D eigenvalue weighted by molar-refractivity contribution is -0.144. The van der Waals surface area contributed by atoms with E-state index < -0.39 is 5.41 Å². The van der Waals surface area contributed by atoms with Crippen molar-refractivity contribution >= 4 is 17.7 Å². The van der Waals surface area contributed by atoms with Gasteiger partial charge >= 0.3 is 5.97 Å². The number of hydrogen-bond acceptors (Lipinski definition) is 5. The van der Waals surface area contributed by atoms with Gasteiger partial charge in [-0.05, 0) is 26.8 Å². The maximum atomic E-state index is 11.7. The number of rotatable bonds is 7. The van der Waals surface area contributed by atoms with Crippen molar-refractivity contribution in [3.8, 4) is 0 Å². The third-order valence-electron chi connectivity index (χ3n) is 3.46. The molecule has 0 aromatic heterocycles. The number of esters is 1. The molecule has 108 valence electrons. The number of amides is 1. The summed E-state index contributed by atoms with van der Waals surface area (Å²) in [4.78, 5) is 36.1. The zero-order valence-corrected chi connectivity index (χ0v) is 11.6. The molecule has 0 aromatic rings. The summed E-state index contributed by atoms with van der Waals surface area (Å²) >= 11 is 0. The normalized spacial score (nSPS) is 23.3. The number of ketones is 1. The Morgan fingerprint density at radius 1 is 1.32 bits per heavy atom. The Morgan fingerprint density at radius 3 is 2.53 bits per heavy atom. The molecule has 6 nitrogen and oxygen atoms in total. The number of primary amides is 1. The monoisotopic (exact) mass is 270 g/mol. The Morgan fingerprint density at radius 2 is 2.00 bits per heavy atom. The summed E-state index contributed by atoms with van der Waals surface area (Å²) in [7, 11) is 0. The van der Waals surface area contributed by atoms with Crippen LogP contribution in [0.1, 0.15) is 33.1 Å². The van der Waals surface area contributed by atoms with Crippen molar-refractivity contribution in [3.05, 3.63) is 0 Å². The van der Waals surface area contributed by atoms with E-state index in [2.05, 4.69) is 0 Å². The Balaban J connectivity index is 2.31. The fourth-order valence-electron chi connectivity index (χ4n) is 2.20. The van der Waals surface area contributed by atoms with E-state index >= 15 is 0 Å². The zero-order valence-electron chi connectivity index (χ0n) is 11.6. The average Bonchev–Trinajstić information content (AvgIpc) is 2.70. The van der Waals surface area contributed by atoms with Gasteiger partial charge in [-0.2, -0.15) is 0 Å². The molecular formula is C13H22N2O4. The highest BCUT2D eigenvalue weighted by Gasteiger charge is 2.39. The van der Waals surface area contributed by atoms with Gasteiger partial charge in [-0.25, -0.2) is 0 Å². The smallest absolute Gasteiger partial charge is 0.306 e. The molecule has 0 aliphatic carbocycles. The minimum Gasteiger partial charge on any atom is -0.466 e. The fourth-order valence-corrected chi connectivity index (χ4v) is 2.20. The molecule has 0 saturated carbocycles. The second-order valence-electron chi connectivity index (χ2n) is 5.23. The molecule has 1 fully saturated rings. The number of likely N-dealkylation sites (tertiary alicyclic amines) is 1. The van der Waals surface area contributed by atoms with Crippen LogP contribution in [-0.2, 0) is 19.1 Å². The van der Waals surface area contributed by atoms with E-state index in [1.54, 1.807) is 6.92 Å². The standard InChI is InChI=1S/C13H22N2O4/c1-3-19-11(17)5-4-10(16)8-15-7-6-13(2,9-15)12(14)18/h3-9H2,1-2H3,(H2,14,18). The molecule has 1 saturated heterocycles. The van der Waals surface area contributed by atoms with Crippen molar-refractivity contribution in [2.24, 2.45) is 11.1 Å². The van der Waals surface area contributed by atoms with Gasteiger partial charge in [0.05, 0.1) is 25.0 Å². The van der Waals surface area contributed by atoms with Crippen LogP contribution in [0.15, 0.2) is 0 Å². The van der Waals surface area contributed by atoms with Crippen LogP contribution in [0.2, 0.25) is 0 Å². The largest absolute Gasteiger partial charge is 0.466 e. The number of ether oxygens (including phenoxy) is 1. The maximum absolute atomic E-state index is 11.7. The van der Waals surface area contributed by atoms with Gasteiger partial charge in [-0.15, -0.1) is 0 Å². The first-order valence-electron chi connectivity index (χ1n) is 6.57. The molecule has 2 N–H and O–H groups in total. The Kier molecular flexibility index (Phi) is 5.47. The molecule has 1 aliphatic heterocycles. The highest BCUT2D eigenvalue weighted by Crippen LogP contribution is 2.29. The van der Waals surface area contributed by atoms with Gasteiger partial charge in [0.2, 0.25) is 5.91 Å². The molecule has 0 bridgehead atoms. The molecule has 1 amide bonds. The summed E-state index contributed by atoms with van der Waals surface area (Å²) in [6.45, 7) is 5.34. The van der Waals surface area contributed by atoms with E-state index in [1.165, 1.54) is 0 Å². The predicted molar refractivity (Wildman–Crippen MR) is 69.2 cm³/mol. The Bertz CT molecular complexity index is 370. The van der Waals surface area contributed by atoms with Crippen molar-refractivity contribution < 1.29 is 19.1 Å². The van der Waals surface area contributed by atoms with Gasteiger partial charge in [-0.3, -0.25) is 19.3 Å². The number of carbonyl (C=O) groups excluding carboxylic acids is 3. The summed E-state index contributed by atoms with van der Waals surface area (Å²) in [5.74, 6) is -0.685. The van der Waals surface area contributed by atoms with Gasteiger partial charge < -0.3 is 10.5 Å². The SMILES string of the molecule is CCOC(=O)CCC(=O)CN1CCC(C)(C(N)=O)C1. The van der Waals surface area contributed by atoms with Gasteiger partial charge in [0, 0.05) is 13.0 Å². The van der Waals surface area contributed by atoms with E-state index in [1.807, 2.05) is 11.8 Å². The molecular weight excluding hydrogens is 248 g/mol. The minimum absolute atomic E-state index is 0.0122. The van der Waals surface area contributed by atoms with Crippen LogP contribution >= 0.6 is 0 Å². The minimum atomic E-state index is -0.540. The van der Waals surface area contributed by atoms with Crippen LogP contribution in [0, 0.1) is 5.41 Å². The van der Waals surface area contributed by atoms with Crippen LogP contribution < -0.4 is 5.73 Å². The van der Waals surface area contributed by atoms with Crippen LogP contribution in [0.3, 0.4) is 0 Å². The number of nitrogens with two attached hydrogens (primary N) is 1. The number of Topliss-reactive ketones (excluding diaryl/α,β-unsaturated/α-hetero) is 1. The highest BCUT2D eigenvalue weighted by molar-refractivity contribution is 5.85. The molecule has 1 unspecified atom stereocenters. The zero-order chi connectivity index (χ0) is 14.5. The molecule has 0 spiro atoms. The summed E-state index contributed by atoms with van der Waals surface area (Å²) < 4.78 is 4.76. The van der Waals surface area contributed by atoms with Crippen LogP contribution in [0.5, 0.6) is 0 Å². The lowest BCUT2D eigenvalue weighted by Crippen LogP contribution is -2.38. The van der Waals surface area contributed by atoms with Crippen LogP contribution in [0.25, 0.3) is 0 Å². The van der Waals surface area contributed by atoms with Crippen molar-refractivity contribution in [1.29, 1.82) is 0 Å². The molecule has 6 heteroatoms. The molecule has 1 heterocycles. The molecule has 19 heavy (non-hydrogen) atoms. The van der Waals surface area contributed by atoms with E-state index in [0.29, 0.717) is 26.1 Å². The third-order valence-corrected chi connectivity index (χ3v) is 3.46. The molecule has 1 rings (SSSR count). The second-order valence-corrected chi connectivity index (χ2v) is 5.23. The topological polar surface area (TPSA) is 89.7 Å². The predicted octanol–water partition coefficient (Wildman–Crippen LogP) is 0.0961. The Labute approximate surface area is 113 Å². The number of carbonyl (C=O) groups is 3. The first kappa shape index (κ1) is 15.6. The highest BCUT2D eigenvalue weighted by atomic mass is 16.5. The van der Waals surface area contributed by atoms with Crippen molar-refractivity contribution in [1.82, 2.24) is 4.90 Å². The van der Waals surface area contributed by atoms with E-state index in [-0.39, 0.29) is 37.0 Å². The number of hydrogen-bond donors (Lipinski definition) is 1. The van der Waals surface area contributed by atoms with Gasteiger partial charge in [0.15, 0.2) is 0 Å². The second kappa shape index (κ2) is 6.65. The van der Waals surface area contributed by atoms with Crippen LogP contribution in [0.4, 0.5) is 0 Å². The van der Waals surface area contributed by atoms with Gasteiger partial charge in [0.25, 0.3) is 0 Å². The van der Waals surface area contributed by atoms with Crippen LogP contribution in [-0.4, -0.2) is 48.8 Å². The van der Waals surface area contributed by atoms with Crippen molar-refractivity contribution in [2.45, 2.75) is 33.1 Å². The molecule has 1 aliphatic rings. The lowest BCUT2D eigenvalue weighted by Gasteiger charge is -2.20. The van der Waals surface area contributed by atoms with E-state index in [9.17, 15) is 14.4 Å². The van der Waals surface area contributed by atoms with Crippen molar-refractivity contribution in [3.63, 3.8) is 0 Å². The van der Waals surface area contributed by atoms with E-state index in [0.717, 1.165) is 0 Å². The first-order chi connectivity index (χ1) is 8.87. The molecule has 1 atom stereocenters. The van der Waals surface area contributed by atoms with Gasteiger partial charge in [0.1, 0.15) is 5.78 Å². The summed E-state index contributed by atoms with van der Waals surface area (Å²) in [6.07, 6.45) is 0.976. The Hall–Kier alpha value is -1.43. The molecule has 0 radical (unpaired) electrons. The van der Waals surface area contributed by atoms with Gasteiger partial charge in [-0.1, -0.05) is 0 Å². The average molecular weight is 270 g/mol. The van der Waals surface area contributed by atoms with E-state index in [4.69, 9.17) is 10.5 Å². The first-order valence-corrected chi connectivity index (χ1v) is 6.57. The quantitative estimate of drug-likeness (QED) is 0.662. The summed E-state index contributed by atoms with van der Waals surface area (Å²) in [5.41, 5.74) is 4.80. The summed E-state index contributed by atoms with van der Waals surface area (Å²) in [6, 6.07) is 0. The van der Waals surface area contributed by atoms with Crippen molar-refractivity contribution in [2.75, 3.05) is 26.2 Å². The summed E-state index contributed by atoms with van der Waals surface area (Å²) in [5, 5.41) is 0. The fraction of sp³-hybridized carbons (Fsp3) is 0.769. The maximum Gasteiger partial charge on any atom is 0.306 e.